The highest BCUT2D eigenvalue weighted by Crippen LogP contribution is 2.31. The van der Waals surface area contributed by atoms with Crippen molar-refractivity contribution in [3.05, 3.63) is 51.5 Å². The first kappa shape index (κ1) is 15.7. The van der Waals surface area contributed by atoms with Crippen LogP contribution in [0.15, 0.2) is 40.9 Å². The van der Waals surface area contributed by atoms with Crippen molar-refractivity contribution in [1.82, 2.24) is 0 Å². The first-order valence-corrected chi connectivity index (χ1v) is 7.21. The van der Waals surface area contributed by atoms with Crippen LogP contribution in [0.1, 0.15) is 10.4 Å². The lowest BCUT2D eigenvalue weighted by atomic mass is 10.1. The fourth-order valence-electron chi connectivity index (χ4n) is 1.84. The molecule has 0 aliphatic carbocycles. The molecule has 2 aromatic carbocycles. The molecule has 0 unspecified atom stereocenters. The molecule has 1 N–H and O–H groups in total. The Bertz CT molecular complexity index is 676. The van der Waals surface area contributed by atoms with Crippen LogP contribution in [0.5, 0.6) is 11.5 Å². The zero-order valence-corrected chi connectivity index (χ0v) is 13.8. The van der Waals surface area contributed by atoms with Crippen LogP contribution in [-0.2, 0) is 0 Å². The minimum Gasteiger partial charge on any atom is -0.493 e. The summed E-state index contributed by atoms with van der Waals surface area (Å²) in [6, 6.07) is 10.3. The zero-order valence-electron chi connectivity index (χ0n) is 11.4. The van der Waals surface area contributed by atoms with Crippen molar-refractivity contribution in [1.29, 1.82) is 0 Å². The fourth-order valence-corrected chi connectivity index (χ4v) is 2.33. The molecular formula is C15H13BrClNO3. The lowest BCUT2D eigenvalue weighted by Crippen LogP contribution is -2.13. The summed E-state index contributed by atoms with van der Waals surface area (Å²) in [7, 11) is 3.02. The van der Waals surface area contributed by atoms with Crippen molar-refractivity contribution >= 4 is 39.1 Å². The predicted octanol–water partition coefficient (Wildman–Crippen LogP) is 4.37. The van der Waals surface area contributed by atoms with Crippen molar-refractivity contribution in [3.63, 3.8) is 0 Å². The Morgan fingerprint density at radius 2 is 1.95 bits per heavy atom. The maximum Gasteiger partial charge on any atom is 0.259 e. The number of amides is 1. The number of halogens is 2. The Morgan fingerprint density at radius 3 is 2.57 bits per heavy atom. The number of rotatable bonds is 4. The maximum absolute atomic E-state index is 12.4. The normalized spacial score (nSPS) is 10.1. The third-order valence-electron chi connectivity index (χ3n) is 2.83. The monoisotopic (exact) mass is 369 g/mol. The summed E-state index contributed by atoms with van der Waals surface area (Å²) in [6.45, 7) is 0. The minimum absolute atomic E-state index is 0.292. The Morgan fingerprint density at radius 1 is 1.19 bits per heavy atom. The van der Waals surface area contributed by atoms with Gasteiger partial charge in [0.2, 0.25) is 0 Å². The second kappa shape index (κ2) is 6.83. The Hall–Kier alpha value is -1.72. The van der Waals surface area contributed by atoms with Crippen molar-refractivity contribution < 1.29 is 14.3 Å². The number of carbonyl (C=O) groups is 1. The average molecular weight is 371 g/mol. The van der Waals surface area contributed by atoms with Crippen LogP contribution in [0, 0.1) is 0 Å². The Labute approximate surface area is 136 Å². The number of carbonyl (C=O) groups excluding carboxylic acids is 1. The maximum atomic E-state index is 12.4. The van der Waals surface area contributed by atoms with Gasteiger partial charge in [-0.1, -0.05) is 17.7 Å². The van der Waals surface area contributed by atoms with Gasteiger partial charge in [0.25, 0.3) is 5.91 Å². The van der Waals surface area contributed by atoms with E-state index in [1.807, 2.05) is 0 Å². The van der Waals surface area contributed by atoms with Gasteiger partial charge in [0.05, 0.1) is 24.8 Å². The summed E-state index contributed by atoms with van der Waals surface area (Å²) >= 11 is 9.24. The summed E-state index contributed by atoms with van der Waals surface area (Å²) in [5.74, 6) is 0.605. The highest BCUT2D eigenvalue weighted by molar-refractivity contribution is 9.10. The van der Waals surface area contributed by atoms with Gasteiger partial charge in [-0.05, 0) is 46.3 Å². The molecule has 0 radical (unpaired) electrons. The van der Waals surface area contributed by atoms with E-state index in [-0.39, 0.29) is 5.91 Å². The van der Waals surface area contributed by atoms with E-state index < -0.39 is 0 Å². The molecule has 0 aliphatic heterocycles. The van der Waals surface area contributed by atoms with Crippen LogP contribution in [0.3, 0.4) is 0 Å². The van der Waals surface area contributed by atoms with Gasteiger partial charge in [0, 0.05) is 10.2 Å². The van der Waals surface area contributed by atoms with E-state index in [2.05, 4.69) is 21.2 Å². The van der Waals surface area contributed by atoms with Gasteiger partial charge in [-0.25, -0.2) is 0 Å². The summed E-state index contributed by atoms with van der Waals surface area (Å²) in [5, 5.41) is 3.37. The lowest BCUT2D eigenvalue weighted by Gasteiger charge is -2.12. The van der Waals surface area contributed by atoms with Crippen LogP contribution in [0.2, 0.25) is 5.02 Å². The zero-order chi connectivity index (χ0) is 15.4. The number of hydrogen-bond acceptors (Lipinski definition) is 3. The van der Waals surface area contributed by atoms with Gasteiger partial charge in [0.1, 0.15) is 0 Å². The molecule has 0 heterocycles. The number of hydrogen-bond donors (Lipinski definition) is 1. The molecule has 0 saturated heterocycles. The molecule has 4 nitrogen and oxygen atoms in total. The molecule has 1 amide bonds. The number of benzene rings is 2. The van der Waals surface area contributed by atoms with E-state index in [1.54, 1.807) is 36.4 Å². The van der Waals surface area contributed by atoms with Crippen molar-refractivity contribution in [2.24, 2.45) is 0 Å². The third kappa shape index (κ3) is 3.49. The van der Waals surface area contributed by atoms with Crippen LogP contribution in [0.4, 0.5) is 5.69 Å². The molecule has 2 aromatic rings. The third-order valence-corrected chi connectivity index (χ3v) is 4.04. The Balaban J connectivity index is 2.30. The van der Waals surface area contributed by atoms with Crippen molar-refractivity contribution in [2.45, 2.75) is 0 Å². The molecule has 2 rings (SSSR count). The van der Waals surface area contributed by atoms with E-state index in [0.717, 1.165) is 0 Å². The molecule has 0 fully saturated rings. The molecule has 0 aliphatic rings. The molecule has 0 bridgehead atoms. The largest absolute Gasteiger partial charge is 0.493 e. The predicted molar refractivity (Wildman–Crippen MR) is 86.7 cm³/mol. The molecule has 0 atom stereocenters. The van der Waals surface area contributed by atoms with Crippen LogP contribution >= 0.6 is 27.5 Å². The summed E-state index contributed by atoms with van der Waals surface area (Å²) in [6.07, 6.45) is 0. The summed E-state index contributed by atoms with van der Waals surface area (Å²) in [4.78, 5) is 12.4. The smallest absolute Gasteiger partial charge is 0.259 e. The summed E-state index contributed by atoms with van der Waals surface area (Å²) < 4.78 is 11.1. The number of ether oxygens (including phenoxy) is 2. The van der Waals surface area contributed by atoms with E-state index >= 15 is 0 Å². The van der Waals surface area contributed by atoms with Crippen molar-refractivity contribution in [2.75, 3.05) is 19.5 Å². The van der Waals surface area contributed by atoms with E-state index in [9.17, 15) is 4.79 Å². The van der Waals surface area contributed by atoms with Crippen LogP contribution in [0.25, 0.3) is 0 Å². The highest BCUT2D eigenvalue weighted by Gasteiger charge is 2.16. The number of anilines is 1. The van der Waals surface area contributed by atoms with Gasteiger partial charge in [-0.15, -0.1) is 0 Å². The quantitative estimate of drug-likeness (QED) is 0.869. The van der Waals surface area contributed by atoms with Crippen molar-refractivity contribution in [3.8, 4) is 11.5 Å². The van der Waals surface area contributed by atoms with Gasteiger partial charge < -0.3 is 14.8 Å². The lowest BCUT2D eigenvalue weighted by molar-refractivity contribution is 0.102. The SMILES string of the molecule is COc1cccc(C(=O)Nc2ccc(Cl)c(Br)c2)c1OC. The average Bonchev–Trinajstić information content (AvgIpc) is 2.49. The van der Waals surface area contributed by atoms with E-state index in [0.29, 0.717) is 32.2 Å². The van der Waals surface area contributed by atoms with E-state index in [1.165, 1.54) is 14.2 Å². The van der Waals surface area contributed by atoms with Gasteiger partial charge in [-0.2, -0.15) is 0 Å². The van der Waals surface area contributed by atoms with Gasteiger partial charge in [0.15, 0.2) is 11.5 Å². The molecule has 0 spiro atoms. The second-order valence-corrected chi connectivity index (χ2v) is 5.39. The van der Waals surface area contributed by atoms with Crippen LogP contribution < -0.4 is 14.8 Å². The van der Waals surface area contributed by atoms with E-state index in [4.69, 9.17) is 21.1 Å². The second-order valence-electron chi connectivity index (χ2n) is 4.12. The molecule has 0 aromatic heterocycles. The topological polar surface area (TPSA) is 47.6 Å². The summed E-state index contributed by atoms with van der Waals surface area (Å²) in [5.41, 5.74) is 1.02. The number of methoxy groups -OCH3 is 2. The highest BCUT2D eigenvalue weighted by atomic mass is 79.9. The first-order valence-electron chi connectivity index (χ1n) is 6.04. The minimum atomic E-state index is -0.292. The molecule has 0 saturated carbocycles. The standard InChI is InChI=1S/C15H13BrClNO3/c1-20-13-5-3-4-10(14(13)21-2)15(19)18-9-6-7-12(17)11(16)8-9/h3-8H,1-2H3,(H,18,19). The van der Waals surface area contributed by atoms with Crippen LogP contribution in [-0.4, -0.2) is 20.1 Å². The fraction of sp³-hybridized carbons (Fsp3) is 0.133. The molecular weight excluding hydrogens is 358 g/mol. The first-order chi connectivity index (χ1) is 10.1. The van der Waals surface area contributed by atoms with Gasteiger partial charge >= 0.3 is 0 Å². The molecule has 110 valence electrons. The number of para-hydroxylation sites is 1. The van der Waals surface area contributed by atoms with Gasteiger partial charge in [-0.3, -0.25) is 4.79 Å². The molecule has 21 heavy (non-hydrogen) atoms. The number of nitrogens with one attached hydrogen (secondary N) is 1. The Kier molecular flexibility index (Phi) is 5.09. The molecule has 6 heteroatoms.